The van der Waals surface area contributed by atoms with Gasteiger partial charge in [-0.1, -0.05) is 23.4 Å². The van der Waals surface area contributed by atoms with Crippen molar-refractivity contribution < 1.29 is 9.90 Å². The zero-order chi connectivity index (χ0) is 14.0. The standard InChI is InChI=1S/C11H9BrClN3O2S/c1-16-11(19-5-9(17)18)14-10(15-16)6-2-3-8(13)7(12)4-6/h2-4H,5H2,1H3,(H,17,18). The molecule has 0 atom stereocenters. The number of aromatic nitrogens is 3. The summed E-state index contributed by atoms with van der Waals surface area (Å²) in [6.45, 7) is 0. The van der Waals surface area contributed by atoms with Crippen LogP contribution in [-0.2, 0) is 11.8 Å². The first-order valence-electron chi connectivity index (χ1n) is 5.18. The average Bonchev–Trinajstić information content (AvgIpc) is 2.71. The maximum Gasteiger partial charge on any atom is 0.313 e. The molecule has 0 spiro atoms. The third-order valence-electron chi connectivity index (χ3n) is 2.23. The lowest BCUT2D eigenvalue weighted by Gasteiger charge is -1.98. The quantitative estimate of drug-likeness (QED) is 0.847. The molecular formula is C11H9BrClN3O2S. The first-order valence-corrected chi connectivity index (χ1v) is 7.34. The molecule has 8 heteroatoms. The van der Waals surface area contributed by atoms with E-state index in [1.54, 1.807) is 17.8 Å². The monoisotopic (exact) mass is 361 g/mol. The minimum absolute atomic E-state index is 0.0454. The molecule has 0 aliphatic carbocycles. The first kappa shape index (κ1) is 14.4. The number of carboxylic acids is 1. The molecule has 0 unspecified atom stereocenters. The molecule has 0 fully saturated rings. The molecule has 0 amide bonds. The number of benzene rings is 1. The summed E-state index contributed by atoms with van der Waals surface area (Å²) in [5, 5.41) is 14.1. The van der Waals surface area contributed by atoms with E-state index in [0.717, 1.165) is 21.8 Å². The van der Waals surface area contributed by atoms with E-state index in [9.17, 15) is 4.79 Å². The van der Waals surface area contributed by atoms with Crippen molar-refractivity contribution in [2.45, 2.75) is 5.16 Å². The minimum atomic E-state index is -0.885. The Morgan fingerprint density at radius 1 is 1.58 bits per heavy atom. The van der Waals surface area contributed by atoms with Gasteiger partial charge in [-0.15, -0.1) is 0 Å². The van der Waals surface area contributed by atoms with Crippen LogP contribution in [0.25, 0.3) is 11.4 Å². The highest BCUT2D eigenvalue weighted by Gasteiger charge is 2.12. The van der Waals surface area contributed by atoms with E-state index < -0.39 is 5.97 Å². The summed E-state index contributed by atoms with van der Waals surface area (Å²) in [4.78, 5) is 14.9. The molecule has 2 aromatic rings. The predicted octanol–water partition coefficient (Wildman–Crippen LogP) is 3.07. The Kier molecular flexibility index (Phi) is 4.49. The van der Waals surface area contributed by atoms with Gasteiger partial charge in [0.15, 0.2) is 11.0 Å². The van der Waals surface area contributed by atoms with Gasteiger partial charge in [0.1, 0.15) is 0 Å². The summed E-state index contributed by atoms with van der Waals surface area (Å²) < 4.78 is 2.32. The van der Waals surface area contributed by atoms with Gasteiger partial charge >= 0.3 is 5.97 Å². The van der Waals surface area contributed by atoms with Crippen LogP contribution in [0.3, 0.4) is 0 Å². The number of thioether (sulfide) groups is 1. The highest BCUT2D eigenvalue weighted by atomic mass is 79.9. The number of carboxylic acid groups (broad SMARTS) is 1. The maximum absolute atomic E-state index is 10.5. The van der Waals surface area contributed by atoms with E-state index in [2.05, 4.69) is 26.0 Å². The molecule has 0 saturated heterocycles. The van der Waals surface area contributed by atoms with Gasteiger partial charge in [0.05, 0.1) is 10.8 Å². The Hall–Kier alpha value is -1.05. The van der Waals surface area contributed by atoms with Crippen molar-refractivity contribution >= 4 is 45.3 Å². The molecule has 0 radical (unpaired) electrons. The largest absolute Gasteiger partial charge is 0.481 e. The number of hydrogen-bond donors (Lipinski definition) is 1. The van der Waals surface area contributed by atoms with Gasteiger partial charge in [0, 0.05) is 17.1 Å². The zero-order valence-electron chi connectivity index (χ0n) is 9.80. The molecule has 0 aliphatic rings. The smallest absolute Gasteiger partial charge is 0.313 e. The second kappa shape index (κ2) is 5.94. The molecule has 19 heavy (non-hydrogen) atoms. The highest BCUT2D eigenvalue weighted by Crippen LogP contribution is 2.28. The van der Waals surface area contributed by atoms with Crippen LogP contribution in [0.4, 0.5) is 0 Å². The lowest BCUT2D eigenvalue weighted by molar-refractivity contribution is -0.133. The van der Waals surface area contributed by atoms with E-state index in [4.69, 9.17) is 16.7 Å². The molecule has 1 aromatic heterocycles. The minimum Gasteiger partial charge on any atom is -0.481 e. The fourth-order valence-electron chi connectivity index (χ4n) is 1.38. The molecule has 0 aliphatic heterocycles. The van der Waals surface area contributed by atoms with E-state index in [0.29, 0.717) is 16.0 Å². The van der Waals surface area contributed by atoms with Crippen molar-refractivity contribution in [1.82, 2.24) is 14.8 Å². The molecule has 2 rings (SSSR count). The third kappa shape index (κ3) is 3.49. The summed E-state index contributed by atoms with van der Waals surface area (Å²) >= 11 is 10.4. The molecule has 0 saturated carbocycles. The Balaban J connectivity index is 2.28. The summed E-state index contributed by atoms with van der Waals surface area (Å²) in [5.41, 5.74) is 0.814. The number of hydrogen-bond acceptors (Lipinski definition) is 4. The number of aliphatic carboxylic acids is 1. The predicted molar refractivity (Wildman–Crippen MR) is 77.5 cm³/mol. The highest BCUT2D eigenvalue weighted by molar-refractivity contribution is 9.10. The van der Waals surface area contributed by atoms with Crippen LogP contribution in [0.2, 0.25) is 5.02 Å². The van der Waals surface area contributed by atoms with E-state index in [1.165, 1.54) is 0 Å². The SMILES string of the molecule is Cn1nc(-c2ccc(Cl)c(Br)c2)nc1SCC(=O)O. The third-order valence-corrected chi connectivity index (χ3v) is 4.44. The second-order valence-electron chi connectivity index (χ2n) is 3.65. The summed E-state index contributed by atoms with van der Waals surface area (Å²) in [5.74, 6) is -0.396. The van der Waals surface area contributed by atoms with Gasteiger partial charge in [-0.05, 0) is 34.1 Å². The zero-order valence-corrected chi connectivity index (χ0v) is 13.0. The van der Waals surface area contributed by atoms with Crippen molar-refractivity contribution in [1.29, 1.82) is 0 Å². The number of aryl methyl sites for hydroxylation is 1. The molecule has 5 nitrogen and oxygen atoms in total. The molecule has 0 bridgehead atoms. The van der Waals surface area contributed by atoms with Crippen molar-refractivity contribution in [3.05, 3.63) is 27.7 Å². The number of rotatable bonds is 4. The second-order valence-corrected chi connectivity index (χ2v) is 5.86. The maximum atomic E-state index is 10.5. The van der Waals surface area contributed by atoms with Crippen molar-refractivity contribution in [2.24, 2.45) is 7.05 Å². The average molecular weight is 363 g/mol. The van der Waals surface area contributed by atoms with Gasteiger partial charge in [0.2, 0.25) is 0 Å². The Labute approximate surface area is 127 Å². The summed E-state index contributed by atoms with van der Waals surface area (Å²) in [7, 11) is 1.73. The fraction of sp³-hybridized carbons (Fsp3) is 0.182. The molecular weight excluding hydrogens is 354 g/mol. The topological polar surface area (TPSA) is 68.0 Å². The number of halogens is 2. The first-order chi connectivity index (χ1) is 8.97. The summed E-state index contributed by atoms with van der Waals surface area (Å²) in [6, 6.07) is 5.39. The van der Waals surface area contributed by atoms with Crippen LogP contribution < -0.4 is 0 Å². The Morgan fingerprint density at radius 3 is 2.95 bits per heavy atom. The van der Waals surface area contributed by atoms with Gasteiger partial charge in [-0.3, -0.25) is 4.79 Å². The van der Waals surface area contributed by atoms with Gasteiger partial charge in [0.25, 0.3) is 0 Å². The normalized spacial score (nSPS) is 10.7. The lowest BCUT2D eigenvalue weighted by Crippen LogP contribution is -2.00. The van der Waals surface area contributed by atoms with E-state index in [1.807, 2.05) is 12.1 Å². The van der Waals surface area contributed by atoms with Crippen LogP contribution in [0, 0.1) is 0 Å². The lowest BCUT2D eigenvalue weighted by atomic mass is 10.2. The Morgan fingerprint density at radius 2 is 2.32 bits per heavy atom. The van der Waals surface area contributed by atoms with Crippen LogP contribution in [0.1, 0.15) is 0 Å². The molecule has 1 heterocycles. The Bertz CT molecular complexity index is 632. The van der Waals surface area contributed by atoms with Crippen LogP contribution in [0.15, 0.2) is 27.8 Å². The van der Waals surface area contributed by atoms with E-state index in [-0.39, 0.29) is 5.75 Å². The molecule has 1 aromatic carbocycles. The summed E-state index contributed by atoms with van der Waals surface area (Å²) in [6.07, 6.45) is 0. The van der Waals surface area contributed by atoms with E-state index >= 15 is 0 Å². The van der Waals surface area contributed by atoms with Crippen molar-refractivity contribution in [2.75, 3.05) is 5.75 Å². The molecule has 100 valence electrons. The van der Waals surface area contributed by atoms with Crippen LogP contribution >= 0.6 is 39.3 Å². The fourth-order valence-corrected chi connectivity index (χ4v) is 2.51. The van der Waals surface area contributed by atoms with Gasteiger partial charge in [-0.25, -0.2) is 9.67 Å². The number of nitrogens with zero attached hydrogens (tertiary/aromatic N) is 3. The van der Waals surface area contributed by atoms with Crippen molar-refractivity contribution in [3.63, 3.8) is 0 Å². The van der Waals surface area contributed by atoms with Crippen LogP contribution in [0.5, 0.6) is 0 Å². The number of carbonyl (C=O) groups is 1. The molecule has 1 N–H and O–H groups in total. The van der Waals surface area contributed by atoms with Gasteiger partial charge < -0.3 is 5.11 Å². The van der Waals surface area contributed by atoms with Crippen LogP contribution in [-0.4, -0.2) is 31.6 Å². The van der Waals surface area contributed by atoms with Gasteiger partial charge in [-0.2, -0.15) is 5.10 Å². The van der Waals surface area contributed by atoms with Crippen molar-refractivity contribution in [3.8, 4) is 11.4 Å².